The molecule has 10 heteroatoms. The molecule has 0 unspecified atom stereocenters. The molecule has 2 aromatic rings. The minimum atomic E-state index is -1.68. The molecule has 1 aromatic carbocycles. The first kappa shape index (κ1) is 21.7. The van der Waals surface area contributed by atoms with Gasteiger partial charge in [0.25, 0.3) is 0 Å². The van der Waals surface area contributed by atoms with Crippen LogP contribution in [0.15, 0.2) is 22.3 Å². The number of aromatic nitrogens is 1. The third-order valence-corrected chi connectivity index (χ3v) is 4.90. The Labute approximate surface area is 163 Å². The van der Waals surface area contributed by atoms with E-state index in [0.29, 0.717) is 12.5 Å². The Morgan fingerprint density at radius 2 is 1.93 bits per heavy atom. The molecular weight excluding hydrogens is 395 g/mol. The molecule has 0 saturated heterocycles. The summed E-state index contributed by atoms with van der Waals surface area (Å²) in [5, 5.41) is 3.84. The standard InChI is InChI=1S/C18H20F3N3O3S/c1-3-7-23(15(26)6-8-24-11(2)10-28-18(24)27)9-14(25)22-13-5-4-12(19)16(20)17(13)21/h4-5,10H,3,6-9H2,1-2H3,(H,22,25). The van der Waals surface area contributed by atoms with Crippen LogP contribution in [0.2, 0.25) is 0 Å². The number of benzene rings is 1. The van der Waals surface area contributed by atoms with Crippen molar-refractivity contribution >= 4 is 28.8 Å². The first-order chi connectivity index (χ1) is 13.2. The maximum absolute atomic E-state index is 13.7. The summed E-state index contributed by atoms with van der Waals surface area (Å²) in [6.45, 7) is 3.68. The second-order valence-electron chi connectivity index (χ2n) is 6.13. The van der Waals surface area contributed by atoms with E-state index in [9.17, 15) is 27.6 Å². The van der Waals surface area contributed by atoms with Crippen LogP contribution in [0, 0.1) is 24.4 Å². The van der Waals surface area contributed by atoms with E-state index in [1.165, 1.54) is 9.47 Å². The number of hydrogen-bond donors (Lipinski definition) is 1. The average molecular weight is 415 g/mol. The SMILES string of the molecule is CCCN(CC(=O)Nc1ccc(F)c(F)c1F)C(=O)CCn1c(C)csc1=O. The number of rotatable bonds is 8. The fraction of sp³-hybridized carbons (Fsp3) is 0.389. The summed E-state index contributed by atoms with van der Waals surface area (Å²) in [7, 11) is 0. The van der Waals surface area contributed by atoms with Crippen molar-refractivity contribution in [2.24, 2.45) is 0 Å². The number of hydrogen-bond acceptors (Lipinski definition) is 4. The number of thiazole rings is 1. The van der Waals surface area contributed by atoms with E-state index in [1.807, 2.05) is 6.92 Å². The fourth-order valence-corrected chi connectivity index (χ4v) is 3.35. The Kier molecular flexibility index (Phi) is 7.38. The van der Waals surface area contributed by atoms with Crippen molar-refractivity contribution in [1.82, 2.24) is 9.47 Å². The number of aryl methyl sites for hydroxylation is 1. The van der Waals surface area contributed by atoms with Crippen LogP contribution < -0.4 is 10.2 Å². The summed E-state index contributed by atoms with van der Waals surface area (Å²) in [4.78, 5) is 37.4. The minimum absolute atomic E-state index is 0.0182. The van der Waals surface area contributed by atoms with Crippen LogP contribution >= 0.6 is 11.3 Å². The van der Waals surface area contributed by atoms with Crippen LogP contribution in [0.1, 0.15) is 25.5 Å². The summed E-state index contributed by atoms with van der Waals surface area (Å²) in [5.41, 5.74) is 0.240. The normalized spacial score (nSPS) is 10.8. The molecule has 0 radical (unpaired) electrons. The van der Waals surface area contributed by atoms with Gasteiger partial charge in [0, 0.05) is 30.6 Å². The lowest BCUT2D eigenvalue weighted by molar-refractivity contribution is -0.134. The molecular formula is C18H20F3N3O3S. The molecule has 0 aliphatic carbocycles. The molecule has 1 N–H and O–H groups in total. The van der Waals surface area contributed by atoms with E-state index in [4.69, 9.17) is 0 Å². The highest BCUT2D eigenvalue weighted by Crippen LogP contribution is 2.19. The van der Waals surface area contributed by atoms with Crippen LogP contribution in [0.25, 0.3) is 0 Å². The predicted molar refractivity (Wildman–Crippen MR) is 99.7 cm³/mol. The molecule has 0 fully saturated rings. The zero-order valence-electron chi connectivity index (χ0n) is 15.4. The van der Waals surface area contributed by atoms with Gasteiger partial charge in [-0.1, -0.05) is 18.3 Å². The van der Waals surface area contributed by atoms with Gasteiger partial charge >= 0.3 is 4.87 Å². The van der Waals surface area contributed by atoms with Gasteiger partial charge in [-0.2, -0.15) is 0 Å². The Balaban J connectivity index is 2.01. The third kappa shape index (κ3) is 5.22. The Morgan fingerprint density at radius 3 is 2.54 bits per heavy atom. The van der Waals surface area contributed by atoms with Crippen molar-refractivity contribution in [1.29, 1.82) is 0 Å². The molecule has 1 aromatic heterocycles. The Bertz CT molecular complexity index is 927. The number of amides is 2. The molecule has 2 amide bonds. The van der Waals surface area contributed by atoms with Gasteiger partial charge in [0.2, 0.25) is 11.8 Å². The van der Waals surface area contributed by atoms with Gasteiger partial charge < -0.3 is 14.8 Å². The van der Waals surface area contributed by atoms with Gasteiger partial charge in [-0.3, -0.25) is 14.4 Å². The van der Waals surface area contributed by atoms with Gasteiger partial charge in [0.05, 0.1) is 12.2 Å². The Hall–Kier alpha value is -2.62. The van der Waals surface area contributed by atoms with Crippen LogP contribution in [-0.2, 0) is 16.1 Å². The van der Waals surface area contributed by atoms with Gasteiger partial charge in [-0.05, 0) is 25.5 Å². The first-order valence-electron chi connectivity index (χ1n) is 8.60. The second kappa shape index (κ2) is 9.54. The topological polar surface area (TPSA) is 71.4 Å². The molecule has 6 nitrogen and oxygen atoms in total. The van der Waals surface area contributed by atoms with Crippen molar-refractivity contribution in [2.75, 3.05) is 18.4 Å². The quantitative estimate of drug-likeness (QED) is 0.674. The molecule has 0 saturated carbocycles. The van der Waals surface area contributed by atoms with Crippen LogP contribution in [0.5, 0.6) is 0 Å². The smallest absolute Gasteiger partial charge is 0.307 e. The molecule has 1 heterocycles. The average Bonchev–Trinajstić information content (AvgIpc) is 2.97. The highest BCUT2D eigenvalue weighted by atomic mass is 32.1. The summed E-state index contributed by atoms with van der Waals surface area (Å²) in [5.74, 6) is -5.64. The third-order valence-electron chi connectivity index (χ3n) is 4.02. The number of carbonyl (C=O) groups is 2. The molecule has 0 bridgehead atoms. The van der Waals surface area contributed by atoms with E-state index < -0.39 is 29.0 Å². The van der Waals surface area contributed by atoms with Gasteiger partial charge in [-0.15, -0.1) is 0 Å². The monoisotopic (exact) mass is 415 g/mol. The van der Waals surface area contributed by atoms with Crippen molar-refractivity contribution in [2.45, 2.75) is 33.2 Å². The highest BCUT2D eigenvalue weighted by Gasteiger charge is 2.20. The van der Waals surface area contributed by atoms with Crippen molar-refractivity contribution < 1.29 is 22.8 Å². The number of nitrogens with zero attached hydrogens (tertiary/aromatic N) is 2. The maximum Gasteiger partial charge on any atom is 0.307 e. The van der Waals surface area contributed by atoms with Crippen molar-refractivity contribution in [3.8, 4) is 0 Å². The molecule has 0 spiro atoms. The van der Waals surface area contributed by atoms with Gasteiger partial charge in [0.15, 0.2) is 17.5 Å². The summed E-state index contributed by atoms with van der Waals surface area (Å²) < 4.78 is 41.4. The van der Waals surface area contributed by atoms with E-state index in [0.717, 1.165) is 23.1 Å². The lowest BCUT2D eigenvalue weighted by Crippen LogP contribution is -2.39. The Morgan fingerprint density at radius 1 is 1.21 bits per heavy atom. The molecule has 0 atom stereocenters. The van der Waals surface area contributed by atoms with E-state index in [-0.39, 0.29) is 36.8 Å². The zero-order chi connectivity index (χ0) is 20.8. The van der Waals surface area contributed by atoms with Crippen LogP contribution in [0.4, 0.5) is 18.9 Å². The maximum atomic E-state index is 13.7. The van der Waals surface area contributed by atoms with E-state index in [2.05, 4.69) is 5.32 Å². The molecule has 0 aliphatic rings. The van der Waals surface area contributed by atoms with Gasteiger partial charge in [0.1, 0.15) is 0 Å². The fourth-order valence-electron chi connectivity index (χ4n) is 2.59. The van der Waals surface area contributed by atoms with Gasteiger partial charge in [-0.25, -0.2) is 13.2 Å². The lowest BCUT2D eigenvalue weighted by atomic mass is 10.2. The lowest BCUT2D eigenvalue weighted by Gasteiger charge is -2.22. The second-order valence-corrected chi connectivity index (χ2v) is 6.95. The number of halogens is 3. The predicted octanol–water partition coefficient (Wildman–Crippen LogP) is 2.90. The number of anilines is 1. The first-order valence-corrected chi connectivity index (χ1v) is 9.48. The zero-order valence-corrected chi connectivity index (χ0v) is 16.2. The van der Waals surface area contributed by atoms with Crippen LogP contribution in [-0.4, -0.2) is 34.4 Å². The highest BCUT2D eigenvalue weighted by molar-refractivity contribution is 7.07. The molecule has 2 rings (SSSR count). The van der Waals surface area contributed by atoms with Crippen LogP contribution in [0.3, 0.4) is 0 Å². The summed E-state index contributed by atoms with van der Waals surface area (Å²) >= 11 is 1.04. The number of nitrogens with one attached hydrogen (secondary N) is 1. The molecule has 0 aliphatic heterocycles. The number of carbonyl (C=O) groups excluding carboxylic acids is 2. The largest absolute Gasteiger partial charge is 0.333 e. The molecule has 28 heavy (non-hydrogen) atoms. The summed E-state index contributed by atoms with van der Waals surface area (Å²) in [6.07, 6.45) is 0.598. The van der Waals surface area contributed by atoms with Crippen molar-refractivity contribution in [3.63, 3.8) is 0 Å². The molecule has 152 valence electrons. The minimum Gasteiger partial charge on any atom is -0.333 e. The summed E-state index contributed by atoms with van der Waals surface area (Å²) in [6, 6.07) is 1.60. The van der Waals surface area contributed by atoms with Crippen molar-refractivity contribution in [3.05, 3.63) is 50.3 Å². The van der Waals surface area contributed by atoms with E-state index >= 15 is 0 Å². The van der Waals surface area contributed by atoms with E-state index in [1.54, 1.807) is 12.3 Å².